The molecule has 0 aromatic heterocycles. The molecule has 0 atom stereocenters. The second-order valence-corrected chi connectivity index (χ2v) is 4.55. The molecule has 0 saturated carbocycles. The van der Waals surface area contributed by atoms with Crippen LogP contribution in [-0.2, 0) is 10.1 Å². The van der Waals surface area contributed by atoms with E-state index < -0.39 is 32.3 Å². The highest BCUT2D eigenvalue weighted by Gasteiger charge is 2.48. The first-order chi connectivity index (χ1) is 7.54. The van der Waals surface area contributed by atoms with Crippen LogP contribution in [0.2, 0.25) is 0 Å². The molecule has 17 heavy (non-hydrogen) atoms. The van der Waals surface area contributed by atoms with Gasteiger partial charge in [0, 0.05) is 0 Å². The van der Waals surface area contributed by atoms with Gasteiger partial charge in [0.25, 0.3) is 0 Å². The van der Waals surface area contributed by atoms with Gasteiger partial charge in [-0.1, -0.05) is 28.5 Å². The highest BCUT2D eigenvalue weighted by atomic mass is 32.2. The van der Waals surface area contributed by atoms with Gasteiger partial charge in [-0.05, 0) is 0 Å². The number of hydrogen-bond acceptors (Lipinski definition) is 3. The zero-order valence-corrected chi connectivity index (χ0v) is 8.97. The van der Waals surface area contributed by atoms with Crippen LogP contribution in [0, 0.1) is 0 Å². The Bertz CT molecular complexity index is 518. The molecule has 0 bridgehead atoms. The molecule has 0 aliphatic heterocycles. The zero-order valence-electron chi connectivity index (χ0n) is 8.15. The van der Waals surface area contributed by atoms with E-state index in [1.54, 1.807) is 0 Å². The first-order valence-corrected chi connectivity index (χ1v) is 5.40. The highest BCUT2D eigenvalue weighted by Crippen LogP contribution is 2.25. The average molecular weight is 256 g/mol. The summed E-state index contributed by atoms with van der Waals surface area (Å²) in [4.78, 5) is 0. The Hall–Kier alpha value is -1.05. The molecule has 1 aromatic carbocycles. The fourth-order valence-electron chi connectivity index (χ4n) is 0.952. The van der Waals surface area contributed by atoms with Crippen LogP contribution in [0.3, 0.4) is 0 Å². The van der Waals surface area contributed by atoms with E-state index in [2.05, 4.69) is 4.18 Å². The van der Waals surface area contributed by atoms with Gasteiger partial charge in [0.05, 0.1) is 0 Å². The Kier molecular flexibility index (Phi) is 3.56. The van der Waals surface area contributed by atoms with Crippen molar-refractivity contribution in [3.8, 4) is 5.75 Å². The third-order valence-electron chi connectivity index (χ3n) is 1.65. The third kappa shape index (κ3) is 2.99. The molecule has 6 radical (unpaired) electrons. The summed E-state index contributed by atoms with van der Waals surface area (Å²) in [5.74, 6) is -0.795. The molecular weight excluding hydrogens is 254 g/mol. The monoisotopic (exact) mass is 256 g/mol. The minimum atomic E-state index is -5.81. The predicted octanol–water partition coefficient (Wildman–Crippen LogP) is -1.70. The number of benzene rings is 1. The molecule has 0 N–H and O–H groups in total. The van der Waals surface area contributed by atoms with E-state index in [1.807, 2.05) is 0 Å². The second-order valence-electron chi connectivity index (χ2n) is 3.01. The highest BCUT2D eigenvalue weighted by molar-refractivity contribution is 7.88. The maximum absolute atomic E-state index is 12.0. The van der Waals surface area contributed by atoms with Crippen molar-refractivity contribution >= 4 is 50.0 Å². The fourth-order valence-corrected chi connectivity index (χ4v) is 1.46. The molecule has 0 aliphatic carbocycles. The van der Waals surface area contributed by atoms with Crippen LogP contribution < -0.4 is 20.6 Å². The van der Waals surface area contributed by atoms with Crippen LogP contribution in [0.4, 0.5) is 13.2 Å². The zero-order chi connectivity index (χ0) is 13.4. The molecule has 0 fully saturated rings. The van der Waals surface area contributed by atoms with Crippen molar-refractivity contribution in [3.05, 3.63) is 12.1 Å². The van der Waals surface area contributed by atoms with Crippen molar-refractivity contribution in [2.24, 2.45) is 0 Å². The molecule has 0 spiro atoms. The largest absolute Gasteiger partial charge is 0.534 e. The first kappa shape index (κ1) is 14.0. The maximum atomic E-state index is 12.0. The molecule has 0 unspecified atom stereocenters. The molecule has 10 heteroatoms. The summed E-state index contributed by atoms with van der Waals surface area (Å²) in [7, 11) is 9.99. The van der Waals surface area contributed by atoms with Gasteiger partial charge < -0.3 is 4.18 Å². The van der Waals surface area contributed by atoms with Crippen molar-refractivity contribution in [1.82, 2.24) is 0 Å². The van der Waals surface area contributed by atoms with Crippen LogP contribution in [0.15, 0.2) is 12.1 Å². The quantitative estimate of drug-likeness (QED) is 0.359. The number of halogens is 3. The normalized spacial score (nSPS) is 12.4. The smallest absolute Gasteiger partial charge is 0.377 e. The molecule has 0 saturated heterocycles. The summed E-state index contributed by atoms with van der Waals surface area (Å²) in [6.45, 7) is 0. The van der Waals surface area contributed by atoms with Gasteiger partial charge in [0.15, 0.2) is 0 Å². The third-order valence-corrected chi connectivity index (χ3v) is 2.60. The summed E-state index contributed by atoms with van der Waals surface area (Å²) in [5.41, 5.74) is -6.31. The maximum Gasteiger partial charge on any atom is 0.534 e. The summed E-state index contributed by atoms with van der Waals surface area (Å²) >= 11 is 0. The Morgan fingerprint density at radius 2 is 1.47 bits per heavy atom. The van der Waals surface area contributed by atoms with Crippen LogP contribution in [-0.4, -0.2) is 37.5 Å². The molecule has 3 nitrogen and oxygen atoms in total. The summed E-state index contributed by atoms with van der Waals surface area (Å²) in [6, 6.07) is 2.05. The van der Waals surface area contributed by atoms with Crippen molar-refractivity contribution in [1.29, 1.82) is 0 Å². The second kappa shape index (κ2) is 4.32. The van der Waals surface area contributed by atoms with E-state index in [-0.39, 0.29) is 5.46 Å². The Balaban J connectivity index is 3.22. The lowest BCUT2D eigenvalue weighted by Crippen LogP contribution is -2.34. The van der Waals surface area contributed by atoms with E-state index in [9.17, 15) is 21.6 Å². The van der Waals surface area contributed by atoms with Gasteiger partial charge in [0.2, 0.25) is 0 Å². The number of rotatable bonds is 2. The topological polar surface area (TPSA) is 43.4 Å². The lowest BCUT2D eigenvalue weighted by molar-refractivity contribution is -0.0499. The van der Waals surface area contributed by atoms with E-state index in [0.29, 0.717) is 0 Å². The number of alkyl halides is 3. The summed E-state index contributed by atoms with van der Waals surface area (Å²) < 4.78 is 61.4. The molecule has 1 aromatic rings. The van der Waals surface area contributed by atoms with Crippen molar-refractivity contribution < 1.29 is 25.8 Å². The van der Waals surface area contributed by atoms with Crippen LogP contribution in [0.25, 0.3) is 0 Å². The Morgan fingerprint density at radius 3 is 1.82 bits per heavy atom. The van der Waals surface area contributed by atoms with Crippen molar-refractivity contribution in [3.63, 3.8) is 0 Å². The molecular formula is C7H2B3F3O3S. The molecule has 1 rings (SSSR count). The minimum absolute atomic E-state index is 0.0664. The van der Waals surface area contributed by atoms with Gasteiger partial charge in [-0.3, -0.25) is 0 Å². The summed E-state index contributed by atoms with van der Waals surface area (Å²) in [6.07, 6.45) is 0. The molecule has 0 amide bonds. The lowest BCUT2D eigenvalue weighted by atomic mass is 9.80. The van der Waals surface area contributed by atoms with Gasteiger partial charge in [-0.25, -0.2) is 0 Å². The van der Waals surface area contributed by atoms with Gasteiger partial charge in [-0.15, -0.1) is 0 Å². The van der Waals surface area contributed by atoms with E-state index >= 15 is 0 Å². The van der Waals surface area contributed by atoms with Crippen LogP contribution >= 0.6 is 0 Å². The molecule has 0 heterocycles. The van der Waals surface area contributed by atoms with Crippen molar-refractivity contribution in [2.75, 3.05) is 0 Å². The van der Waals surface area contributed by atoms with Crippen LogP contribution in [0.1, 0.15) is 0 Å². The van der Waals surface area contributed by atoms with E-state index in [0.717, 1.165) is 12.1 Å². The fraction of sp³-hybridized carbons (Fsp3) is 0.143. The molecule has 0 aliphatic rings. The molecule has 84 valence electrons. The minimum Gasteiger partial charge on any atom is -0.377 e. The standard InChI is InChI=1S/C7H2B3F3O3S/c8-3-1-4(9)6(5(10)2-3)16-17(14,15)7(11,12)13/h1-2H. The lowest BCUT2D eigenvalue weighted by Gasteiger charge is -2.14. The summed E-state index contributed by atoms with van der Waals surface area (Å²) in [5, 5.41) is 0. The predicted molar refractivity (Wildman–Crippen MR) is 58.2 cm³/mol. The number of hydrogen-bond donors (Lipinski definition) is 0. The SMILES string of the molecule is [B]c1cc([B])c(OS(=O)(=O)C(F)(F)F)c([B])c1. The Labute approximate surface area is 99.7 Å². The van der Waals surface area contributed by atoms with Gasteiger partial charge >= 0.3 is 15.6 Å². The van der Waals surface area contributed by atoms with Crippen molar-refractivity contribution in [2.45, 2.75) is 5.51 Å². The Morgan fingerprint density at radius 1 is 1.06 bits per heavy atom. The van der Waals surface area contributed by atoms with Gasteiger partial charge in [0.1, 0.15) is 29.3 Å². The van der Waals surface area contributed by atoms with Crippen LogP contribution in [0.5, 0.6) is 5.75 Å². The van der Waals surface area contributed by atoms with Gasteiger partial charge in [-0.2, -0.15) is 21.6 Å². The van der Waals surface area contributed by atoms with E-state index in [4.69, 9.17) is 23.5 Å². The average Bonchev–Trinajstić information content (AvgIpc) is 2.09. The van der Waals surface area contributed by atoms with E-state index in [1.165, 1.54) is 0 Å². The first-order valence-electron chi connectivity index (χ1n) is 4.00.